The van der Waals surface area contributed by atoms with E-state index in [-0.39, 0.29) is 12.5 Å². The highest BCUT2D eigenvalue weighted by Gasteiger charge is 2.11. The van der Waals surface area contributed by atoms with Gasteiger partial charge in [0.2, 0.25) is 0 Å². The van der Waals surface area contributed by atoms with Gasteiger partial charge in [0, 0.05) is 0 Å². The molecule has 3 aromatic rings. The zero-order valence-electron chi connectivity index (χ0n) is 17.2. The van der Waals surface area contributed by atoms with Crippen molar-refractivity contribution in [3.05, 3.63) is 53.1 Å². The van der Waals surface area contributed by atoms with E-state index in [4.69, 9.17) is 4.74 Å². The number of carbonyl (C=O) groups is 1. The Morgan fingerprint density at radius 3 is 2.64 bits per heavy atom. The minimum Gasteiger partial charge on any atom is -0.484 e. The van der Waals surface area contributed by atoms with Crippen molar-refractivity contribution in [3.63, 3.8) is 0 Å². The Morgan fingerprint density at radius 2 is 1.96 bits per heavy atom. The number of carbonyl (C=O) groups excluding carboxylic acids is 1. The van der Waals surface area contributed by atoms with Gasteiger partial charge in [-0.2, -0.15) is 0 Å². The molecule has 1 aromatic heterocycles. The maximum atomic E-state index is 12.3. The molecule has 0 spiro atoms. The fraction of sp³-hybridized carbons (Fsp3) is 0.391. The molecular weight excluding hydrogens is 368 g/mol. The standard InChI is InChI=1S/C23H28N2O2S/c1-6-15(4)17-7-10-20-21(12-17)28-23(24-20)25-22(26)13-27-18-8-9-19(14(2)3)16(5)11-18/h7-12,14-15H,6,13H2,1-5H3,(H,24,25,26). The second-order valence-electron chi connectivity index (χ2n) is 7.57. The van der Waals surface area contributed by atoms with Crippen LogP contribution in [0.4, 0.5) is 5.13 Å². The van der Waals surface area contributed by atoms with E-state index in [1.165, 1.54) is 28.0 Å². The fourth-order valence-corrected chi connectivity index (χ4v) is 4.16. The summed E-state index contributed by atoms with van der Waals surface area (Å²) in [5.41, 5.74) is 4.69. The van der Waals surface area contributed by atoms with Crippen LogP contribution in [0.1, 0.15) is 62.6 Å². The highest BCUT2D eigenvalue weighted by atomic mass is 32.1. The van der Waals surface area contributed by atoms with Crippen molar-refractivity contribution >= 4 is 32.6 Å². The molecular formula is C23H28N2O2S. The maximum Gasteiger partial charge on any atom is 0.264 e. The SMILES string of the molecule is CCC(C)c1ccc2nc(NC(=O)COc3ccc(C(C)C)c(C)c3)sc2c1. The summed E-state index contributed by atoms with van der Waals surface area (Å²) >= 11 is 1.50. The lowest BCUT2D eigenvalue weighted by molar-refractivity contribution is -0.118. The molecule has 0 saturated carbocycles. The molecule has 0 fully saturated rings. The lowest BCUT2D eigenvalue weighted by Crippen LogP contribution is -2.20. The zero-order valence-corrected chi connectivity index (χ0v) is 18.0. The first kappa shape index (κ1) is 20.3. The van der Waals surface area contributed by atoms with Crippen LogP contribution in [0.5, 0.6) is 5.75 Å². The number of thiazole rings is 1. The van der Waals surface area contributed by atoms with E-state index < -0.39 is 0 Å². The van der Waals surface area contributed by atoms with Gasteiger partial charge in [-0.05, 0) is 66.1 Å². The summed E-state index contributed by atoms with van der Waals surface area (Å²) < 4.78 is 6.75. The molecule has 1 atom stereocenters. The smallest absolute Gasteiger partial charge is 0.264 e. The Labute approximate surface area is 171 Å². The molecule has 0 aliphatic carbocycles. The summed E-state index contributed by atoms with van der Waals surface area (Å²) in [5, 5.41) is 3.46. The summed E-state index contributed by atoms with van der Waals surface area (Å²) in [6.07, 6.45) is 1.10. The fourth-order valence-electron chi connectivity index (χ4n) is 3.23. The van der Waals surface area contributed by atoms with E-state index in [1.807, 2.05) is 18.2 Å². The number of rotatable bonds is 7. The van der Waals surface area contributed by atoms with E-state index in [1.54, 1.807) is 0 Å². The summed E-state index contributed by atoms with van der Waals surface area (Å²) in [7, 11) is 0. The zero-order chi connectivity index (χ0) is 20.3. The Kier molecular flexibility index (Phi) is 6.35. The minimum absolute atomic E-state index is 0.0332. The van der Waals surface area contributed by atoms with Gasteiger partial charge in [-0.15, -0.1) is 0 Å². The Hall–Kier alpha value is -2.40. The number of benzene rings is 2. The average molecular weight is 397 g/mol. The van der Waals surface area contributed by atoms with E-state index in [0.717, 1.165) is 16.6 Å². The Balaban J connectivity index is 1.62. The van der Waals surface area contributed by atoms with E-state index in [9.17, 15) is 4.79 Å². The number of fused-ring (bicyclic) bond motifs is 1. The highest BCUT2D eigenvalue weighted by Crippen LogP contribution is 2.30. The largest absolute Gasteiger partial charge is 0.484 e. The molecule has 0 saturated heterocycles. The first-order valence-corrected chi connectivity index (χ1v) is 10.6. The van der Waals surface area contributed by atoms with Crippen LogP contribution in [0.15, 0.2) is 36.4 Å². The molecule has 0 bridgehead atoms. The van der Waals surface area contributed by atoms with Crippen LogP contribution < -0.4 is 10.1 Å². The number of aromatic nitrogens is 1. The van der Waals surface area contributed by atoms with Crippen LogP contribution in [-0.2, 0) is 4.79 Å². The third kappa shape index (κ3) is 4.71. The topological polar surface area (TPSA) is 51.2 Å². The molecule has 3 rings (SSSR count). The number of nitrogens with one attached hydrogen (secondary N) is 1. The summed E-state index contributed by atoms with van der Waals surface area (Å²) in [4.78, 5) is 16.8. The van der Waals surface area contributed by atoms with Crippen LogP contribution in [-0.4, -0.2) is 17.5 Å². The van der Waals surface area contributed by atoms with Crippen molar-refractivity contribution in [2.45, 2.75) is 52.9 Å². The molecule has 28 heavy (non-hydrogen) atoms. The maximum absolute atomic E-state index is 12.3. The Bertz CT molecular complexity index is 978. The Morgan fingerprint density at radius 1 is 1.18 bits per heavy atom. The predicted octanol–water partition coefficient (Wildman–Crippen LogP) is 6.26. The van der Waals surface area contributed by atoms with Crippen LogP contribution in [0, 0.1) is 6.92 Å². The van der Waals surface area contributed by atoms with Crippen molar-refractivity contribution < 1.29 is 9.53 Å². The van der Waals surface area contributed by atoms with Crippen LogP contribution in [0.2, 0.25) is 0 Å². The average Bonchev–Trinajstić information content (AvgIpc) is 3.06. The van der Waals surface area contributed by atoms with Gasteiger partial charge in [0.05, 0.1) is 10.2 Å². The van der Waals surface area contributed by atoms with Gasteiger partial charge in [-0.1, -0.05) is 51.2 Å². The van der Waals surface area contributed by atoms with Gasteiger partial charge in [0.1, 0.15) is 5.75 Å². The molecule has 1 heterocycles. The summed E-state index contributed by atoms with van der Waals surface area (Å²) in [6, 6.07) is 12.3. The number of hydrogen-bond acceptors (Lipinski definition) is 4. The van der Waals surface area contributed by atoms with Gasteiger partial charge in [-0.25, -0.2) is 4.98 Å². The number of ether oxygens (including phenoxy) is 1. The van der Waals surface area contributed by atoms with E-state index in [0.29, 0.717) is 22.7 Å². The number of anilines is 1. The molecule has 1 N–H and O–H groups in total. The monoisotopic (exact) mass is 396 g/mol. The van der Waals surface area contributed by atoms with Crippen molar-refractivity contribution in [2.24, 2.45) is 0 Å². The van der Waals surface area contributed by atoms with Crippen molar-refractivity contribution in [1.82, 2.24) is 4.98 Å². The molecule has 1 amide bonds. The molecule has 5 heteroatoms. The van der Waals surface area contributed by atoms with Crippen LogP contribution >= 0.6 is 11.3 Å². The van der Waals surface area contributed by atoms with Crippen molar-refractivity contribution in [3.8, 4) is 5.75 Å². The number of nitrogens with zero attached hydrogens (tertiary/aromatic N) is 1. The molecule has 0 aliphatic rings. The first-order valence-electron chi connectivity index (χ1n) is 9.81. The van der Waals surface area contributed by atoms with Gasteiger partial charge >= 0.3 is 0 Å². The minimum atomic E-state index is -0.202. The van der Waals surface area contributed by atoms with Crippen molar-refractivity contribution in [2.75, 3.05) is 11.9 Å². The molecule has 4 nitrogen and oxygen atoms in total. The molecule has 2 aromatic carbocycles. The van der Waals surface area contributed by atoms with Gasteiger partial charge in [-0.3, -0.25) is 10.1 Å². The van der Waals surface area contributed by atoms with Gasteiger partial charge in [0.25, 0.3) is 5.91 Å². The normalized spacial score (nSPS) is 12.4. The quantitative estimate of drug-likeness (QED) is 0.513. The first-order chi connectivity index (χ1) is 13.4. The predicted molar refractivity (Wildman–Crippen MR) is 118 cm³/mol. The number of aryl methyl sites for hydroxylation is 1. The van der Waals surface area contributed by atoms with Crippen molar-refractivity contribution in [1.29, 1.82) is 0 Å². The van der Waals surface area contributed by atoms with E-state index >= 15 is 0 Å². The van der Waals surface area contributed by atoms with Gasteiger partial charge < -0.3 is 4.74 Å². The summed E-state index contributed by atoms with van der Waals surface area (Å²) in [6.45, 7) is 10.8. The lowest BCUT2D eigenvalue weighted by Gasteiger charge is -2.12. The number of amides is 1. The molecule has 0 aliphatic heterocycles. The molecule has 0 radical (unpaired) electrons. The van der Waals surface area contributed by atoms with E-state index in [2.05, 4.69) is 63.1 Å². The second-order valence-corrected chi connectivity index (χ2v) is 8.60. The number of hydrogen-bond donors (Lipinski definition) is 1. The molecule has 1 unspecified atom stereocenters. The van der Waals surface area contributed by atoms with Crippen LogP contribution in [0.3, 0.4) is 0 Å². The lowest BCUT2D eigenvalue weighted by atomic mass is 9.98. The highest BCUT2D eigenvalue weighted by molar-refractivity contribution is 7.22. The van der Waals surface area contributed by atoms with Crippen LogP contribution in [0.25, 0.3) is 10.2 Å². The third-order valence-electron chi connectivity index (χ3n) is 5.07. The summed E-state index contributed by atoms with van der Waals surface area (Å²) in [5.74, 6) is 1.49. The second kappa shape index (κ2) is 8.74. The molecule has 148 valence electrons. The third-order valence-corrected chi connectivity index (χ3v) is 6.01. The van der Waals surface area contributed by atoms with Gasteiger partial charge in [0.15, 0.2) is 11.7 Å².